The zero-order valence-electron chi connectivity index (χ0n) is 12.7. The quantitative estimate of drug-likeness (QED) is 0.940. The summed E-state index contributed by atoms with van der Waals surface area (Å²) in [6, 6.07) is 3.82. The van der Waals surface area contributed by atoms with E-state index in [-0.39, 0.29) is 0 Å². The molecule has 0 unspecified atom stereocenters. The van der Waals surface area contributed by atoms with Crippen LogP contribution < -0.4 is 0 Å². The molecule has 21 heavy (non-hydrogen) atoms. The molecule has 1 aromatic heterocycles. The highest BCUT2D eigenvalue weighted by Gasteiger charge is 2.15. The molecule has 1 aliphatic rings. The number of fused-ring (bicyclic) bond motifs is 1. The predicted molar refractivity (Wildman–Crippen MR) is 84.0 cm³/mol. The highest BCUT2D eigenvalue weighted by Crippen LogP contribution is 2.25. The van der Waals surface area contributed by atoms with Crippen LogP contribution in [0.1, 0.15) is 34.3 Å². The zero-order valence-corrected chi connectivity index (χ0v) is 12.7. The third-order valence-electron chi connectivity index (χ3n) is 4.54. The van der Waals surface area contributed by atoms with Crippen LogP contribution >= 0.6 is 0 Å². The number of carboxylic acid groups (broad SMARTS) is 1. The van der Waals surface area contributed by atoms with E-state index in [1.165, 1.54) is 36.9 Å². The molecule has 1 saturated heterocycles. The second-order valence-corrected chi connectivity index (χ2v) is 6.05. The molecule has 0 amide bonds. The Morgan fingerprint density at radius 1 is 1.29 bits per heavy atom. The average Bonchev–Trinajstić information content (AvgIpc) is 3.04. The predicted octanol–water partition coefficient (Wildman–Crippen LogP) is 2.82. The molecule has 0 radical (unpaired) electrons. The summed E-state index contributed by atoms with van der Waals surface area (Å²) >= 11 is 0. The number of aromatic nitrogens is 1. The summed E-state index contributed by atoms with van der Waals surface area (Å²) in [4.78, 5) is 13.8. The summed E-state index contributed by atoms with van der Waals surface area (Å²) in [7, 11) is 1.99. The fourth-order valence-electron chi connectivity index (χ4n) is 3.33. The van der Waals surface area contributed by atoms with E-state index in [1.54, 1.807) is 6.07 Å². The monoisotopic (exact) mass is 286 g/mol. The Balaban J connectivity index is 1.92. The average molecular weight is 286 g/mol. The van der Waals surface area contributed by atoms with E-state index in [0.29, 0.717) is 5.56 Å². The molecule has 0 atom stereocenters. The molecule has 1 fully saturated rings. The molecule has 4 heteroatoms. The third kappa shape index (κ3) is 2.68. The fourth-order valence-corrected chi connectivity index (χ4v) is 3.33. The molecule has 0 bridgehead atoms. The van der Waals surface area contributed by atoms with Crippen molar-refractivity contribution in [3.63, 3.8) is 0 Å². The smallest absolute Gasteiger partial charge is 0.336 e. The topological polar surface area (TPSA) is 45.5 Å². The molecule has 0 spiro atoms. The van der Waals surface area contributed by atoms with Crippen LogP contribution in [0.25, 0.3) is 10.9 Å². The molecule has 0 aliphatic carbocycles. The van der Waals surface area contributed by atoms with Gasteiger partial charge in [-0.15, -0.1) is 0 Å². The normalized spacial score (nSPS) is 15.9. The largest absolute Gasteiger partial charge is 0.478 e. The molecule has 3 rings (SSSR count). The van der Waals surface area contributed by atoms with Crippen LogP contribution in [0.4, 0.5) is 0 Å². The van der Waals surface area contributed by atoms with Gasteiger partial charge in [0.25, 0.3) is 0 Å². The lowest BCUT2D eigenvalue weighted by molar-refractivity contribution is 0.0696. The van der Waals surface area contributed by atoms with Crippen molar-refractivity contribution in [1.82, 2.24) is 9.47 Å². The second-order valence-electron chi connectivity index (χ2n) is 6.05. The summed E-state index contributed by atoms with van der Waals surface area (Å²) in [5, 5.41) is 10.4. The summed E-state index contributed by atoms with van der Waals surface area (Å²) in [6.07, 6.45) is 5.81. The highest BCUT2D eigenvalue weighted by molar-refractivity contribution is 5.96. The van der Waals surface area contributed by atoms with E-state index >= 15 is 0 Å². The SMILES string of the molecule is Cc1cc2c(CCN3CCCC3)cn(C)c2cc1C(=O)O. The second kappa shape index (κ2) is 5.53. The molecular formula is C17H22N2O2. The fraction of sp³-hybridized carbons (Fsp3) is 0.471. The van der Waals surface area contributed by atoms with E-state index in [4.69, 9.17) is 0 Å². The van der Waals surface area contributed by atoms with Crippen molar-refractivity contribution in [2.75, 3.05) is 19.6 Å². The number of nitrogens with zero attached hydrogens (tertiary/aromatic N) is 2. The summed E-state index contributed by atoms with van der Waals surface area (Å²) in [5.41, 5.74) is 3.56. The first-order valence-corrected chi connectivity index (χ1v) is 7.60. The minimum Gasteiger partial charge on any atom is -0.478 e. The highest BCUT2D eigenvalue weighted by atomic mass is 16.4. The molecule has 0 saturated carbocycles. The molecular weight excluding hydrogens is 264 g/mol. The molecule has 1 aliphatic heterocycles. The van der Waals surface area contributed by atoms with Gasteiger partial charge in [-0.3, -0.25) is 0 Å². The van der Waals surface area contributed by atoms with E-state index in [0.717, 1.165) is 24.0 Å². The molecule has 1 N–H and O–H groups in total. The summed E-state index contributed by atoms with van der Waals surface area (Å²) in [6.45, 7) is 5.40. The Morgan fingerprint density at radius 3 is 2.67 bits per heavy atom. The third-order valence-corrected chi connectivity index (χ3v) is 4.54. The number of likely N-dealkylation sites (tertiary alicyclic amines) is 1. The molecule has 2 heterocycles. The lowest BCUT2D eigenvalue weighted by atomic mass is 10.0. The zero-order chi connectivity index (χ0) is 15.0. The van der Waals surface area contributed by atoms with Crippen molar-refractivity contribution in [2.24, 2.45) is 7.05 Å². The van der Waals surface area contributed by atoms with Crippen LogP contribution in [0.2, 0.25) is 0 Å². The van der Waals surface area contributed by atoms with Crippen LogP contribution in [0.3, 0.4) is 0 Å². The molecule has 4 nitrogen and oxygen atoms in total. The lowest BCUT2D eigenvalue weighted by Gasteiger charge is -2.13. The lowest BCUT2D eigenvalue weighted by Crippen LogP contribution is -2.21. The van der Waals surface area contributed by atoms with Gasteiger partial charge in [-0.2, -0.15) is 0 Å². The van der Waals surface area contributed by atoms with Gasteiger partial charge in [0, 0.05) is 30.7 Å². The molecule has 112 valence electrons. The van der Waals surface area contributed by atoms with Gasteiger partial charge < -0.3 is 14.6 Å². The van der Waals surface area contributed by atoms with Gasteiger partial charge >= 0.3 is 5.97 Å². The first-order chi connectivity index (χ1) is 10.1. The minimum atomic E-state index is -0.853. The van der Waals surface area contributed by atoms with E-state index < -0.39 is 5.97 Å². The number of aryl methyl sites for hydroxylation is 2. The number of hydrogen-bond donors (Lipinski definition) is 1. The van der Waals surface area contributed by atoms with Gasteiger partial charge in [0.05, 0.1) is 5.56 Å². The van der Waals surface area contributed by atoms with Crippen LogP contribution in [0.15, 0.2) is 18.3 Å². The maximum Gasteiger partial charge on any atom is 0.336 e. The summed E-state index contributed by atoms with van der Waals surface area (Å²) in [5.74, 6) is -0.853. The van der Waals surface area contributed by atoms with Crippen LogP contribution in [-0.2, 0) is 13.5 Å². The van der Waals surface area contributed by atoms with Crippen molar-refractivity contribution < 1.29 is 9.90 Å². The van der Waals surface area contributed by atoms with Gasteiger partial charge in [-0.25, -0.2) is 4.79 Å². The van der Waals surface area contributed by atoms with Crippen LogP contribution in [-0.4, -0.2) is 40.2 Å². The van der Waals surface area contributed by atoms with Gasteiger partial charge in [0.15, 0.2) is 0 Å². The first-order valence-electron chi connectivity index (χ1n) is 7.60. The number of rotatable bonds is 4. The Labute approximate surface area is 125 Å². The molecule has 1 aromatic carbocycles. The number of aromatic carboxylic acids is 1. The van der Waals surface area contributed by atoms with Crippen molar-refractivity contribution in [3.05, 3.63) is 35.0 Å². The Bertz CT molecular complexity index is 682. The van der Waals surface area contributed by atoms with Gasteiger partial charge in [0.1, 0.15) is 0 Å². The molecule has 2 aromatic rings. The van der Waals surface area contributed by atoms with Gasteiger partial charge in [-0.05, 0) is 62.5 Å². The Hall–Kier alpha value is -1.81. The van der Waals surface area contributed by atoms with E-state index in [2.05, 4.69) is 11.1 Å². The van der Waals surface area contributed by atoms with E-state index in [1.807, 2.05) is 24.6 Å². The van der Waals surface area contributed by atoms with E-state index in [9.17, 15) is 9.90 Å². The number of carboxylic acids is 1. The van der Waals surface area contributed by atoms with Gasteiger partial charge in [0.2, 0.25) is 0 Å². The van der Waals surface area contributed by atoms with Crippen molar-refractivity contribution in [2.45, 2.75) is 26.2 Å². The maximum atomic E-state index is 11.3. The Morgan fingerprint density at radius 2 is 2.00 bits per heavy atom. The van der Waals surface area contributed by atoms with Crippen molar-refractivity contribution >= 4 is 16.9 Å². The number of hydrogen-bond acceptors (Lipinski definition) is 2. The first kappa shape index (κ1) is 14.1. The standard InChI is InChI=1S/C17H22N2O2/c1-12-9-15-13(5-8-19-6-3-4-7-19)11-18(2)16(15)10-14(12)17(20)21/h9-11H,3-8H2,1-2H3,(H,20,21). The van der Waals surface area contributed by atoms with Crippen molar-refractivity contribution in [1.29, 1.82) is 0 Å². The summed E-state index contributed by atoms with van der Waals surface area (Å²) < 4.78 is 2.04. The van der Waals surface area contributed by atoms with Gasteiger partial charge in [-0.1, -0.05) is 0 Å². The van der Waals surface area contributed by atoms with Crippen LogP contribution in [0, 0.1) is 6.92 Å². The van der Waals surface area contributed by atoms with Crippen molar-refractivity contribution in [3.8, 4) is 0 Å². The Kier molecular flexibility index (Phi) is 3.72. The number of carbonyl (C=O) groups is 1. The maximum absolute atomic E-state index is 11.3. The number of benzene rings is 1. The minimum absolute atomic E-state index is 0.398. The van der Waals surface area contributed by atoms with Crippen LogP contribution in [0.5, 0.6) is 0 Å².